The van der Waals surface area contributed by atoms with Gasteiger partial charge in [-0.15, -0.1) is 0 Å². The van der Waals surface area contributed by atoms with Gasteiger partial charge in [-0.1, -0.05) is 30.3 Å². The van der Waals surface area contributed by atoms with Crippen molar-refractivity contribution in [3.05, 3.63) is 35.9 Å². The Bertz CT molecular complexity index is 489. The zero-order valence-corrected chi connectivity index (χ0v) is 12.6. The molecule has 112 valence electrons. The van der Waals surface area contributed by atoms with Crippen LogP contribution in [0.5, 0.6) is 0 Å². The van der Waals surface area contributed by atoms with Crippen LogP contribution in [0, 0.1) is 11.3 Å². The van der Waals surface area contributed by atoms with Gasteiger partial charge >= 0.3 is 0 Å². The topological polar surface area (TPSA) is 56.1 Å². The Labute approximate surface area is 126 Å². The Morgan fingerprint density at radius 3 is 2.57 bits per heavy atom. The molecule has 1 aliphatic heterocycles. The molecule has 0 aliphatic carbocycles. The van der Waals surface area contributed by atoms with E-state index in [9.17, 15) is 4.79 Å². The lowest BCUT2D eigenvalue weighted by molar-refractivity contribution is -0.134. The third-order valence-corrected chi connectivity index (χ3v) is 3.99. The average Bonchev–Trinajstić information content (AvgIpc) is 2.55. The standard InChI is InChI=1S/C17H23N3O/c1-14(17(21)20-12-6-3-7-13-20)19-16(10-11-18)15-8-4-2-5-9-15/h2,4-5,8-9,14,16,19H,3,6-7,10,12-13H2,1H3. The normalized spacial score (nSPS) is 17.8. The summed E-state index contributed by atoms with van der Waals surface area (Å²) in [4.78, 5) is 14.4. The van der Waals surface area contributed by atoms with Crippen molar-refractivity contribution in [2.45, 2.75) is 44.7 Å². The molecule has 0 bridgehead atoms. The summed E-state index contributed by atoms with van der Waals surface area (Å²) in [5, 5.41) is 12.3. The number of hydrogen-bond donors (Lipinski definition) is 1. The lowest BCUT2D eigenvalue weighted by Gasteiger charge is -2.31. The molecule has 1 N–H and O–H groups in total. The predicted octanol–water partition coefficient (Wildman–Crippen LogP) is 2.63. The zero-order chi connectivity index (χ0) is 15.1. The van der Waals surface area contributed by atoms with E-state index >= 15 is 0 Å². The van der Waals surface area contributed by atoms with Gasteiger partial charge in [0.25, 0.3) is 0 Å². The van der Waals surface area contributed by atoms with Gasteiger partial charge in [-0.2, -0.15) is 5.26 Å². The van der Waals surface area contributed by atoms with Gasteiger partial charge in [0, 0.05) is 19.1 Å². The van der Waals surface area contributed by atoms with Crippen molar-refractivity contribution in [1.29, 1.82) is 5.26 Å². The third-order valence-electron chi connectivity index (χ3n) is 3.99. The van der Waals surface area contributed by atoms with Crippen molar-refractivity contribution in [3.8, 4) is 6.07 Å². The SMILES string of the molecule is CC(NC(CC#N)c1ccccc1)C(=O)N1CCCCC1. The van der Waals surface area contributed by atoms with Gasteiger partial charge in [-0.3, -0.25) is 10.1 Å². The smallest absolute Gasteiger partial charge is 0.239 e. The number of carbonyl (C=O) groups excluding carboxylic acids is 1. The van der Waals surface area contributed by atoms with Crippen molar-refractivity contribution in [2.75, 3.05) is 13.1 Å². The maximum absolute atomic E-state index is 12.4. The highest BCUT2D eigenvalue weighted by atomic mass is 16.2. The van der Waals surface area contributed by atoms with Crippen LogP contribution >= 0.6 is 0 Å². The van der Waals surface area contributed by atoms with Crippen LogP contribution in [0.25, 0.3) is 0 Å². The van der Waals surface area contributed by atoms with Gasteiger partial charge in [-0.25, -0.2) is 0 Å². The van der Waals surface area contributed by atoms with Crippen molar-refractivity contribution in [1.82, 2.24) is 10.2 Å². The van der Waals surface area contributed by atoms with E-state index in [4.69, 9.17) is 5.26 Å². The number of benzene rings is 1. The third kappa shape index (κ3) is 4.30. The highest BCUT2D eigenvalue weighted by Gasteiger charge is 2.24. The molecule has 1 fully saturated rings. The van der Waals surface area contributed by atoms with Crippen molar-refractivity contribution in [2.24, 2.45) is 0 Å². The first kappa shape index (κ1) is 15.5. The van der Waals surface area contributed by atoms with Crippen LogP contribution in [0.4, 0.5) is 0 Å². The maximum atomic E-state index is 12.4. The van der Waals surface area contributed by atoms with E-state index in [1.54, 1.807) is 0 Å². The molecular weight excluding hydrogens is 262 g/mol. The van der Waals surface area contributed by atoms with Crippen LogP contribution in [0.15, 0.2) is 30.3 Å². The minimum atomic E-state index is -0.262. The molecular formula is C17H23N3O. The number of rotatable bonds is 5. The Kier molecular flexibility index (Phi) is 5.77. The summed E-state index contributed by atoms with van der Waals surface area (Å²) in [6, 6.07) is 11.7. The second kappa shape index (κ2) is 7.80. The van der Waals surface area contributed by atoms with E-state index in [1.807, 2.05) is 42.2 Å². The molecule has 0 saturated carbocycles. The molecule has 1 aromatic carbocycles. The summed E-state index contributed by atoms with van der Waals surface area (Å²) in [5.74, 6) is 0.147. The quantitative estimate of drug-likeness (QED) is 0.905. The molecule has 1 saturated heterocycles. The Morgan fingerprint density at radius 2 is 1.95 bits per heavy atom. The second-order valence-electron chi connectivity index (χ2n) is 5.60. The van der Waals surface area contributed by atoms with Gasteiger partial charge in [0.2, 0.25) is 5.91 Å². The number of piperidine rings is 1. The number of nitriles is 1. The van der Waals surface area contributed by atoms with Crippen molar-refractivity contribution < 1.29 is 4.79 Å². The molecule has 0 aromatic heterocycles. The van der Waals surface area contributed by atoms with Gasteiger partial charge in [0.15, 0.2) is 0 Å². The number of hydrogen-bond acceptors (Lipinski definition) is 3. The predicted molar refractivity (Wildman–Crippen MR) is 82.4 cm³/mol. The molecule has 1 aromatic rings. The first-order chi connectivity index (χ1) is 10.2. The monoisotopic (exact) mass is 285 g/mol. The van der Waals surface area contributed by atoms with Crippen LogP contribution in [0.3, 0.4) is 0 Å². The fourth-order valence-corrected chi connectivity index (χ4v) is 2.81. The molecule has 21 heavy (non-hydrogen) atoms. The van der Waals surface area contributed by atoms with E-state index in [1.165, 1.54) is 6.42 Å². The first-order valence-corrected chi connectivity index (χ1v) is 7.69. The number of nitrogens with zero attached hydrogens (tertiary/aromatic N) is 2. The van der Waals surface area contributed by atoms with Crippen molar-refractivity contribution in [3.63, 3.8) is 0 Å². The number of carbonyl (C=O) groups is 1. The number of nitrogens with one attached hydrogen (secondary N) is 1. The lowest BCUT2D eigenvalue weighted by Crippen LogP contribution is -2.47. The second-order valence-corrected chi connectivity index (χ2v) is 5.60. The first-order valence-electron chi connectivity index (χ1n) is 7.69. The summed E-state index contributed by atoms with van der Waals surface area (Å²) in [5.41, 5.74) is 1.05. The number of amides is 1. The minimum absolute atomic E-state index is 0.0973. The molecule has 0 radical (unpaired) electrons. The average molecular weight is 285 g/mol. The summed E-state index contributed by atoms with van der Waals surface area (Å²) < 4.78 is 0. The molecule has 1 heterocycles. The molecule has 2 atom stereocenters. The van der Waals surface area contributed by atoms with Crippen LogP contribution < -0.4 is 5.32 Å². The Balaban J connectivity index is 1.99. The van der Waals surface area contributed by atoms with Crippen LogP contribution in [0.1, 0.15) is 44.2 Å². The molecule has 1 amide bonds. The van der Waals surface area contributed by atoms with E-state index in [0.717, 1.165) is 31.5 Å². The molecule has 4 nitrogen and oxygen atoms in total. The van der Waals surface area contributed by atoms with Gasteiger partial charge < -0.3 is 4.90 Å². The van der Waals surface area contributed by atoms with Gasteiger partial charge in [0.1, 0.15) is 0 Å². The molecule has 0 spiro atoms. The lowest BCUT2D eigenvalue weighted by atomic mass is 10.0. The fourth-order valence-electron chi connectivity index (χ4n) is 2.81. The Hall–Kier alpha value is -1.86. The maximum Gasteiger partial charge on any atom is 0.239 e. The van der Waals surface area contributed by atoms with Crippen molar-refractivity contribution >= 4 is 5.91 Å². The zero-order valence-electron chi connectivity index (χ0n) is 12.6. The highest BCUT2D eigenvalue weighted by Crippen LogP contribution is 2.18. The molecule has 2 unspecified atom stereocenters. The van der Waals surface area contributed by atoms with E-state index in [0.29, 0.717) is 6.42 Å². The van der Waals surface area contributed by atoms with E-state index in [-0.39, 0.29) is 18.0 Å². The van der Waals surface area contributed by atoms with Gasteiger partial charge in [0.05, 0.1) is 18.5 Å². The Morgan fingerprint density at radius 1 is 1.29 bits per heavy atom. The summed E-state index contributed by atoms with van der Waals surface area (Å²) >= 11 is 0. The highest BCUT2D eigenvalue weighted by molar-refractivity contribution is 5.81. The fraction of sp³-hybridized carbons (Fsp3) is 0.529. The molecule has 2 rings (SSSR count). The molecule has 1 aliphatic rings. The van der Waals surface area contributed by atoms with E-state index < -0.39 is 0 Å². The molecule has 4 heteroatoms. The van der Waals surface area contributed by atoms with Crippen LogP contribution in [-0.2, 0) is 4.79 Å². The van der Waals surface area contributed by atoms with Gasteiger partial charge in [-0.05, 0) is 31.7 Å². The summed E-state index contributed by atoms with van der Waals surface area (Å²) in [6.07, 6.45) is 3.77. The largest absolute Gasteiger partial charge is 0.341 e. The summed E-state index contributed by atoms with van der Waals surface area (Å²) in [6.45, 7) is 3.61. The number of likely N-dealkylation sites (tertiary alicyclic amines) is 1. The minimum Gasteiger partial charge on any atom is -0.341 e. The van der Waals surface area contributed by atoms with Crippen LogP contribution in [0.2, 0.25) is 0 Å². The van der Waals surface area contributed by atoms with Crippen LogP contribution in [-0.4, -0.2) is 29.9 Å². The summed E-state index contributed by atoms with van der Waals surface area (Å²) in [7, 11) is 0. The van der Waals surface area contributed by atoms with E-state index in [2.05, 4.69) is 11.4 Å².